The Balaban J connectivity index is 1.64. The monoisotopic (exact) mass is 358 g/mol. The molecule has 0 saturated heterocycles. The predicted molar refractivity (Wildman–Crippen MR) is 97.6 cm³/mol. The molecule has 0 bridgehead atoms. The molecule has 2 N–H and O–H groups in total. The second kappa shape index (κ2) is 9.93. The number of carbonyl (C=O) groups excluding carboxylic acids is 2. The molecule has 2 aromatic carbocycles. The van der Waals surface area contributed by atoms with E-state index in [1.165, 1.54) is 7.11 Å². The van der Waals surface area contributed by atoms with Crippen molar-refractivity contribution in [3.05, 3.63) is 54.1 Å². The maximum absolute atomic E-state index is 11.8. The van der Waals surface area contributed by atoms with E-state index in [2.05, 4.69) is 15.4 Å². The highest BCUT2D eigenvalue weighted by atomic mass is 16.5. The predicted octanol–water partition coefficient (Wildman–Crippen LogP) is 2.75. The average molecular weight is 358 g/mol. The molecule has 0 heterocycles. The van der Waals surface area contributed by atoms with Crippen molar-refractivity contribution in [2.45, 2.75) is 6.92 Å². The Morgan fingerprint density at radius 1 is 1.00 bits per heavy atom. The van der Waals surface area contributed by atoms with Crippen molar-refractivity contribution in [3.8, 4) is 11.5 Å². The molecule has 138 valence electrons. The first-order valence-corrected chi connectivity index (χ1v) is 8.11. The van der Waals surface area contributed by atoms with Gasteiger partial charge in [0, 0.05) is 5.69 Å². The van der Waals surface area contributed by atoms with Crippen LogP contribution in [0.5, 0.6) is 11.5 Å². The van der Waals surface area contributed by atoms with Crippen molar-refractivity contribution in [2.24, 2.45) is 0 Å². The van der Waals surface area contributed by atoms with E-state index in [1.54, 1.807) is 24.3 Å². The van der Waals surface area contributed by atoms with Crippen LogP contribution in [0, 0.1) is 6.92 Å². The quantitative estimate of drug-likeness (QED) is 0.709. The number of benzene rings is 2. The maximum atomic E-state index is 11.8. The second-order valence-electron chi connectivity index (χ2n) is 5.44. The molecule has 0 unspecified atom stereocenters. The van der Waals surface area contributed by atoms with E-state index < -0.39 is 6.09 Å². The number of anilines is 1. The zero-order valence-corrected chi connectivity index (χ0v) is 14.8. The van der Waals surface area contributed by atoms with Crippen molar-refractivity contribution < 1.29 is 23.8 Å². The molecule has 0 aliphatic rings. The van der Waals surface area contributed by atoms with E-state index in [-0.39, 0.29) is 12.5 Å². The van der Waals surface area contributed by atoms with Crippen molar-refractivity contribution >= 4 is 17.7 Å². The minimum Gasteiger partial charge on any atom is -0.492 e. The molecule has 0 atom stereocenters. The fraction of sp³-hybridized carbons (Fsp3) is 0.263. The summed E-state index contributed by atoms with van der Waals surface area (Å²) in [5.41, 5.74) is 1.69. The summed E-state index contributed by atoms with van der Waals surface area (Å²) < 4.78 is 15.4. The third-order valence-electron chi connectivity index (χ3n) is 3.34. The minimum absolute atomic E-state index is 0.103. The van der Waals surface area contributed by atoms with Crippen LogP contribution in [0.3, 0.4) is 0 Å². The van der Waals surface area contributed by atoms with Crippen LogP contribution in [-0.4, -0.2) is 38.9 Å². The standard InChI is InChI=1S/C19H22N2O5/c1-14-4-3-5-17(12-14)25-11-10-20-18(22)13-26-16-8-6-15(7-9-16)21-19(23)24-2/h3-9,12H,10-11,13H2,1-2H3,(H,20,22)(H,21,23). The summed E-state index contributed by atoms with van der Waals surface area (Å²) in [6.45, 7) is 2.65. The van der Waals surface area contributed by atoms with E-state index in [4.69, 9.17) is 9.47 Å². The largest absolute Gasteiger partial charge is 0.492 e. The molecular formula is C19H22N2O5. The normalized spacial score (nSPS) is 9.92. The summed E-state index contributed by atoms with van der Waals surface area (Å²) in [6, 6.07) is 14.3. The van der Waals surface area contributed by atoms with Crippen molar-refractivity contribution in [2.75, 3.05) is 32.2 Å². The third-order valence-corrected chi connectivity index (χ3v) is 3.34. The van der Waals surface area contributed by atoms with Gasteiger partial charge in [0.15, 0.2) is 6.61 Å². The first kappa shape index (κ1) is 19.1. The highest BCUT2D eigenvalue weighted by Gasteiger charge is 2.04. The molecule has 2 aromatic rings. The van der Waals surface area contributed by atoms with Crippen molar-refractivity contribution in [3.63, 3.8) is 0 Å². The highest BCUT2D eigenvalue weighted by molar-refractivity contribution is 5.84. The summed E-state index contributed by atoms with van der Waals surface area (Å²) in [6.07, 6.45) is -0.550. The van der Waals surface area contributed by atoms with Gasteiger partial charge < -0.3 is 19.5 Å². The van der Waals surface area contributed by atoms with E-state index in [9.17, 15) is 9.59 Å². The SMILES string of the molecule is COC(=O)Nc1ccc(OCC(=O)NCCOc2cccc(C)c2)cc1. The van der Waals surface area contributed by atoms with Crippen LogP contribution in [0.2, 0.25) is 0 Å². The van der Waals surface area contributed by atoms with Crippen LogP contribution in [0.15, 0.2) is 48.5 Å². The first-order chi connectivity index (χ1) is 12.6. The van der Waals surface area contributed by atoms with E-state index >= 15 is 0 Å². The Hall–Kier alpha value is -3.22. The molecule has 0 aliphatic heterocycles. The van der Waals surface area contributed by atoms with Gasteiger partial charge >= 0.3 is 6.09 Å². The summed E-state index contributed by atoms with van der Waals surface area (Å²) >= 11 is 0. The lowest BCUT2D eigenvalue weighted by molar-refractivity contribution is -0.123. The van der Waals surface area contributed by atoms with Gasteiger partial charge in [0.25, 0.3) is 5.91 Å². The van der Waals surface area contributed by atoms with Gasteiger partial charge in [-0.3, -0.25) is 10.1 Å². The average Bonchev–Trinajstić information content (AvgIpc) is 2.64. The number of ether oxygens (including phenoxy) is 3. The molecule has 0 aromatic heterocycles. The van der Waals surface area contributed by atoms with Crippen LogP contribution in [0.1, 0.15) is 5.56 Å². The molecule has 2 rings (SSSR count). The second-order valence-corrected chi connectivity index (χ2v) is 5.44. The van der Waals surface area contributed by atoms with Gasteiger partial charge in [0.1, 0.15) is 18.1 Å². The number of hydrogen-bond acceptors (Lipinski definition) is 5. The molecule has 0 fully saturated rings. The summed E-state index contributed by atoms with van der Waals surface area (Å²) in [4.78, 5) is 22.9. The van der Waals surface area contributed by atoms with Gasteiger partial charge in [0.2, 0.25) is 0 Å². The van der Waals surface area contributed by atoms with Crippen LogP contribution < -0.4 is 20.1 Å². The number of nitrogens with one attached hydrogen (secondary N) is 2. The molecular weight excluding hydrogens is 336 g/mol. The van der Waals surface area contributed by atoms with Gasteiger partial charge in [-0.15, -0.1) is 0 Å². The Bertz CT molecular complexity index is 731. The van der Waals surface area contributed by atoms with Crippen LogP contribution in [0.25, 0.3) is 0 Å². The van der Waals surface area contributed by atoms with Gasteiger partial charge in [-0.25, -0.2) is 4.79 Å². The minimum atomic E-state index is -0.550. The third kappa shape index (κ3) is 6.72. The molecule has 0 radical (unpaired) electrons. The lowest BCUT2D eigenvalue weighted by Gasteiger charge is -2.10. The van der Waals surface area contributed by atoms with Crippen molar-refractivity contribution in [1.29, 1.82) is 0 Å². The zero-order valence-electron chi connectivity index (χ0n) is 14.8. The smallest absolute Gasteiger partial charge is 0.411 e. The van der Waals surface area contributed by atoms with E-state index in [0.717, 1.165) is 11.3 Å². The zero-order chi connectivity index (χ0) is 18.8. The van der Waals surface area contributed by atoms with Crippen LogP contribution in [0.4, 0.5) is 10.5 Å². The molecule has 0 spiro atoms. The summed E-state index contributed by atoms with van der Waals surface area (Å²) in [7, 11) is 1.29. The number of methoxy groups -OCH3 is 1. The van der Waals surface area contributed by atoms with Crippen LogP contribution in [-0.2, 0) is 9.53 Å². The first-order valence-electron chi connectivity index (χ1n) is 8.11. The molecule has 2 amide bonds. The van der Waals surface area contributed by atoms with Crippen LogP contribution >= 0.6 is 0 Å². The fourth-order valence-electron chi connectivity index (χ4n) is 2.07. The van der Waals surface area contributed by atoms with Gasteiger partial charge in [-0.2, -0.15) is 0 Å². The van der Waals surface area contributed by atoms with Gasteiger partial charge in [-0.05, 0) is 48.9 Å². The highest BCUT2D eigenvalue weighted by Crippen LogP contribution is 2.15. The van der Waals surface area contributed by atoms with Gasteiger partial charge in [-0.1, -0.05) is 12.1 Å². The number of aryl methyl sites for hydroxylation is 1. The van der Waals surface area contributed by atoms with E-state index in [0.29, 0.717) is 24.6 Å². The Morgan fingerprint density at radius 2 is 1.77 bits per heavy atom. The molecule has 7 nitrogen and oxygen atoms in total. The summed E-state index contributed by atoms with van der Waals surface area (Å²) in [5, 5.41) is 5.25. The lowest BCUT2D eigenvalue weighted by atomic mass is 10.2. The lowest BCUT2D eigenvalue weighted by Crippen LogP contribution is -2.32. The molecule has 26 heavy (non-hydrogen) atoms. The fourth-order valence-corrected chi connectivity index (χ4v) is 2.07. The Morgan fingerprint density at radius 3 is 2.46 bits per heavy atom. The summed E-state index contributed by atoms with van der Waals surface area (Å²) in [5.74, 6) is 1.05. The molecule has 0 saturated carbocycles. The number of carbonyl (C=O) groups is 2. The van der Waals surface area contributed by atoms with Gasteiger partial charge in [0.05, 0.1) is 13.7 Å². The maximum Gasteiger partial charge on any atom is 0.411 e. The Labute approximate surface area is 152 Å². The topological polar surface area (TPSA) is 85.9 Å². The number of hydrogen-bond donors (Lipinski definition) is 2. The Kier molecular flexibility index (Phi) is 7.30. The molecule has 7 heteroatoms. The van der Waals surface area contributed by atoms with Crippen molar-refractivity contribution in [1.82, 2.24) is 5.32 Å². The number of amides is 2. The van der Waals surface area contributed by atoms with E-state index in [1.807, 2.05) is 31.2 Å². The number of rotatable bonds is 8. The molecule has 0 aliphatic carbocycles.